The zero-order chi connectivity index (χ0) is 17.2. The van der Waals surface area contributed by atoms with Crippen LogP contribution in [0.5, 0.6) is 0 Å². The van der Waals surface area contributed by atoms with Gasteiger partial charge in [-0.15, -0.1) is 11.3 Å². The van der Waals surface area contributed by atoms with Crippen molar-refractivity contribution in [1.29, 1.82) is 0 Å². The van der Waals surface area contributed by atoms with E-state index in [1.54, 1.807) is 11.3 Å². The molecule has 2 aromatic heterocycles. The molecule has 1 fully saturated rings. The van der Waals surface area contributed by atoms with Crippen molar-refractivity contribution in [2.24, 2.45) is 0 Å². The van der Waals surface area contributed by atoms with Gasteiger partial charge in [0.15, 0.2) is 0 Å². The number of hydrogen-bond acceptors (Lipinski definition) is 5. The van der Waals surface area contributed by atoms with Crippen LogP contribution in [-0.4, -0.2) is 27.4 Å². The highest BCUT2D eigenvalue weighted by Gasteiger charge is 2.28. The van der Waals surface area contributed by atoms with Crippen molar-refractivity contribution in [3.8, 4) is 0 Å². The molecule has 0 radical (unpaired) electrons. The van der Waals surface area contributed by atoms with E-state index in [0.717, 1.165) is 32.5 Å². The predicted octanol–water partition coefficient (Wildman–Crippen LogP) is 3.67. The van der Waals surface area contributed by atoms with E-state index >= 15 is 0 Å². The van der Waals surface area contributed by atoms with Crippen molar-refractivity contribution in [3.05, 3.63) is 34.0 Å². The van der Waals surface area contributed by atoms with Crippen LogP contribution in [-0.2, 0) is 23.2 Å². The lowest BCUT2D eigenvalue weighted by atomic mass is 9.98. The Hall–Kier alpha value is -1.24. The van der Waals surface area contributed by atoms with Crippen LogP contribution in [0.2, 0.25) is 0 Å². The maximum absolute atomic E-state index is 6.05. The monoisotopic (exact) mass is 348 g/mol. The number of nitrogens with zero attached hydrogens (tertiary/aromatic N) is 3. The fourth-order valence-electron chi connectivity index (χ4n) is 2.99. The number of thiazole rings is 1. The van der Waals surface area contributed by atoms with Crippen molar-refractivity contribution in [2.45, 2.75) is 71.2 Å². The summed E-state index contributed by atoms with van der Waals surface area (Å²) in [5, 5.41) is 9.28. The fraction of sp³-hybridized carbons (Fsp3) is 0.667. The van der Waals surface area contributed by atoms with Crippen LogP contribution in [0.1, 0.15) is 62.1 Å². The molecule has 0 aliphatic carbocycles. The molecule has 132 valence electrons. The molecule has 1 saturated heterocycles. The predicted molar refractivity (Wildman–Crippen MR) is 97.3 cm³/mol. The van der Waals surface area contributed by atoms with Crippen molar-refractivity contribution < 1.29 is 4.74 Å². The number of nitrogens with one attached hydrogen (secondary N) is 1. The van der Waals surface area contributed by atoms with Gasteiger partial charge in [-0.05, 0) is 19.8 Å². The van der Waals surface area contributed by atoms with Crippen molar-refractivity contribution in [2.75, 3.05) is 6.61 Å². The van der Waals surface area contributed by atoms with Gasteiger partial charge in [-0.25, -0.2) is 4.98 Å². The molecule has 24 heavy (non-hydrogen) atoms. The molecule has 0 amide bonds. The molecule has 1 aliphatic heterocycles. The summed E-state index contributed by atoms with van der Waals surface area (Å²) in [6.07, 6.45) is 8.38. The van der Waals surface area contributed by atoms with Gasteiger partial charge in [0, 0.05) is 54.0 Å². The Balaban J connectivity index is 1.65. The van der Waals surface area contributed by atoms with E-state index in [-0.39, 0.29) is 11.5 Å². The Morgan fingerprint density at radius 1 is 1.38 bits per heavy atom. The van der Waals surface area contributed by atoms with Crippen molar-refractivity contribution in [1.82, 2.24) is 20.1 Å². The molecular weight excluding hydrogens is 320 g/mol. The number of aryl methyl sites for hydroxylation is 1. The first-order chi connectivity index (χ1) is 11.5. The molecule has 2 aromatic rings. The van der Waals surface area contributed by atoms with Gasteiger partial charge in [-0.3, -0.25) is 4.68 Å². The van der Waals surface area contributed by atoms with Gasteiger partial charge in [-0.2, -0.15) is 5.10 Å². The smallest absolute Gasteiger partial charge is 0.101 e. The average Bonchev–Trinajstić information content (AvgIpc) is 3.22. The third kappa shape index (κ3) is 4.05. The summed E-state index contributed by atoms with van der Waals surface area (Å²) in [7, 11) is 0. The maximum atomic E-state index is 6.05. The summed E-state index contributed by atoms with van der Waals surface area (Å²) < 4.78 is 8.02. The maximum Gasteiger partial charge on any atom is 0.101 e. The molecule has 0 spiro atoms. The molecule has 0 unspecified atom stereocenters. The zero-order valence-corrected chi connectivity index (χ0v) is 15.9. The molecule has 6 heteroatoms. The standard InChI is InChI=1S/C18H28N4OS/c1-5-22-12-13(9-21-22)16-15(7-6-8-23-16)19-10-14-11-20-17(24-14)18(2,3)4/h9,11-12,15-16,19H,5-8,10H2,1-4H3/t15-,16+/m0/s1. The number of rotatable bonds is 5. The highest BCUT2D eigenvalue weighted by Crippen LogP contribution is 2.30. The molecule has 3 rings (SSSR count). The minimum Gasteiger partial charge on any atom is -0.372 e. The van der Waals surface area contributed by atoms with Gasteiger partial charge in [0.05, 0.1) is 11.2 Å². The quantitative estimate of drug-likeness (QED) is 0.896. The van der Waals surface area contributed by atoms with E-state index in [9.17, 15) is 0 Å². The highest BCUT2D eigenvalue weighted by atomic mass is 32.1. The molecule has 1 N–H and O–H groups in total. The van der Waals surface area contributed by atoms with E-state index in [0.29, 0.717) is 6.04 Å². The Kier molecular flexibility index (Phi) is 5.37. The van der Waals surface area contributed by atoms with Crippen molar-refractivity contribution in [3.63, 3.8) is 0 Å². The minimum atomic E-state index is 0.0917. The van der Waals surface area contributed by atoms with Crippen LogP contribution in [0.4, 0.5) is 0 Å². The number of aromatic nitrogens is 3. The fourth-order valence-corrected chi connectivity index (χ4v) is 3.91. The van der Waals surface area contributed by atoms with Gasteiger partial charge in [0.1, 0.15) is 6.10 Å². The Bertz CT molecular complexity index is 658. The summed E-state index contributed by atoms with van der Waals surface area (Å²) in [4.78, 5) is 5.86. The number of ether oxygens (including phenoxy) is 1. The first kappa shape index (κ1) is 17.6. The third-order valence-corrected chi connectivity index (χ3v) is 5.78. The second-order valence-corrected chi connectivity index (χ2v) is 8.55. The van der Waals surface area contributed by atoms with E-state index in [4.69, 9.17) is 4.74 Å². The lowest BCUT2D eigenvalue weighted by Crippen LogP contribution is -2.38. The van der Waals surface area contributed by atoms with Gasteiger partial charge in [0.25, 0.3) is 0 Å². The van der Waals surface area contributed by atoms with Crippen LogP contribution in [0.3, 0.4) is 0 Å². The van der Waals surface area contributed by atoms with E-state index in [1.165, 1.54) is 15.4 Å². The summed E-state index contributed by atoms with van der Waals surface area (Å²) in [6.45, 7) is 11.3. The second-order valence-electron chi connectivity index (χ2n) is 7.43. The Morgan fingerprint density at radius 3 is 2.88 bits per heavy atom. The van der Waals surface area contributed by atoms with Crippen LogP contribution in [0.15, 0.2) is 18.6 Å². The van der Waals surface area contributed by atoms with Crippen LogP contribution >= 0.6 is 11.3 Å². The topological polar surface area (TPSA) is 52.0 Å². The van der Waals surface area contributed by atoms with Crippen LogP contribution < -0.4 is 5.32 Å². The van der Waals surface area contributed by atoms with Gasteiger partial charge in [-0.1, -0.05) is 20.8 Å². The Morgan fingerprint density at radius 2 is 2.21 bits per heavy atom. The van der Waals surface area contributed by atoms with E-state index < -0.39 is 0 Å². The molecule has 5 nitrogen and oxygen atoms in total. The molecular formula is C18H28N4OS. The highest BCUT2D eigenvalue weighted by molar-refractivity contribution is 7.11. The van der Waals surface area contributed by atoms with Gasteiger partial charge in [0.2, 0.25) is 0 Å². The summed E-state index contributed by atoms with van der Waals surface area (Å²) in [5.41, 5.74) is 1.29. The van der Waals surface area contributed by atoms with Crippen LogP contribution in [0.25, 0.3) is 0 Å². The van der Waals surface area contributed by atoms with Gasteiger partial charge < -0.3 is 10.1 Å². The van der Waals surface area contributed by atoms with E-state index in [1.807, 2.05) is 17.1 Å². The molecule has 3 heterocycles. The molecule has 0 saturated carbocycles. The lowest BCUT2D eigenvalue weighted by Gasteiger charge is -2.31. The Labute approximate surface area is 148 Å². The molecule has 0 bridgehead atoms. The molecule has 0 aromatic carbocycles. The van der Waals surface area contributed by atoms with Crippen LogP contribution in [0, 0.1) is 0 Å². The number of hydrogen-bond donors (Lipinski definition) is 1. The average molecular weight is 349 g/mol. The molecule has 2 atom stereocenters. The largest absolute Gasteiger partial charge is 0.372 e. The SMILES string of the molecule is CCn1cc([C@H]2OCCC[C@@H]2NCc2cnc(C(C)(C)C)s2)cn1. The zero-order valence-electron chi connectivity index (χ0n) is 15.1. The van der Waals surface area contributed by atoms with E-state index in [2.05, 4.69) is 49.3 Å². The lowest BCUT2D eigenvalue weighted by molar-refractivity contribution is -0.0111. The molecule has 1 aliphatic rings. The summed E-state index contributed by atoms with van der Waals surface area (Å²) in [5.74, 6) is 0. The summed E-state index contributed by atoms with van der Waals surface area (Å²) >= 11 is 1.80. The first-order valence-electron chi connectivity index (χ1n) is 8.80. The minimum absolute atomic E-state index is 0.0917. The first-order valence-corrected chi connectivity index (χ1v) is 9.61. The second kappa shape index (κ2) is 7.33. The normalized spacial score (nSPS) is 22.0. The summed E-state index contributed by atoms with van der Waals surface area (Å²) in [6, 6.07) is 0.327. The third-order valence-electron chi connectivity index (χ3n) is 4.36. The van der Waals surface area contributed by atoms with Gasteiger partial charge >= 0.3 is 0 Å². The van der Waals surface area contributed by atoms with Crippen molar-refractivity contribution >= 4 is 11.3 Å².